The molecule has 2 atom stereocenters. The fourth-order valence-corrected chi connectivity index (χ4v) is 3.50. The smallest absolute Gasteiger partial charge is 0.0223 e. The number of unbranched alkanes of at least 4 members (excludes halogenated alkanes) is 4. The molecular formula is C17H37N3. The molecule has 1 aliphatic heterocycles. The molecule has 1 aliphatic rings. The Bertz CT molecular complexity index is 232. The zero-order chi connectivity index (χ0) is 14.8. The molecule has 2 N–H and O–H groups in total. The Morgan fingerprint density at radius 1 is 1.20 bits per heavy atom. The summed E-state index contributed by atoms with van der Waals surface area (Å²) in [6, 6.07) is 1.34. The largest absolute Gasteiger partial charge is 0.329 e. The Kier molecular flexibility index (Phi) is 9.49. The van der Waals surface area contributed by atoms with Crippen molar-refractivity contribution in [2.45, 2.75) is 77.3 Å². The highest BCUT2D eigenvalue weighted by molar-refractivity contribution is 4.83. The average Bonchev–Trinajstić information content (AvgIpc) is 2.90. The third kappa shape index (κ3) is 6.11. The van der Waals surface area contributed by atoms with Gasteiger partial charge in [0.25, 0.3) is 0 Å². The van der Waals surface area contributed by atoms with E-state index in [1.165, 1.54) is 71.0 Å². The van der Waals surface area contributed by atoms with Gasteiger partial charge in [0.15, 0.2) is 0 Å². The quantitative estimate of drug-likeness (QED) is 0.591. The van der Waals surface area contributed by atoms with Gasteiger partial charge in [-0.15, -0.1) is 0 Å². The summed E-state index contributed by atoms with van der Waals surface area (Å²) in [5, 5.41) is 0. The van der Waals surface area contributed by atoms with Crippen LogP contribution in [0.1, 0.15) is 65.2 Å². The first-order valence-electron chi connectivity index (χ1n) is 8.87. The lowest BCUT2D eigenvalue weighted by atomic mass is 10.0. The van der Waals surface area contributed by atoms with Gasteiger partial charge < -0.3 is 10.6 Å². The highest BCUT2D eigenvalue weighted by atomic mass is 15.2. The summed E-state index contributed by atoms with van der Waals surface area (Å²) in [5.41, 5.74) is 6.00. The number of likely N-dealkylation sites (tertiary alicyclic amines) is 1. The van der Waals surface area contributed by atoms with Gasteiger partial charge in [0, 0.05) is 25.2 Å². The van der Waals surface area contributed by atoms with Crippen molar-refractivity contribution in [3.8, 4) is 0 Å². The van der Waals surface area contributed by atoms with E-state index in [2.05, 4.69) is 30.7 Å². The van der Waals surface area contributed by atoms with Crippen LogP contribution < -0.4 is 5.73 Å². The molecule has 120 valence electrons. The summed E-state index contributed by atoms with van der Waals surface area (Å²) in [5.74, 6) is 0. The minimum Gasteiger partial charge on any atom is -0.329 e. The molecule has 2 unspecified atom stereocenters. The van der Waals surface area contributed by atoms with Crippen molar-refractivity contribution in [1.82, 2.24) is 9.80 Å². The van der Waals surface area contributed by atoms with Gasteiger partial charge in [-0.25, -0.2) is 0 Å². The van der Waals surface area contributed by atoms with Gasteiger partial charge in [-0.1, -0.05) is 46.0 Å². The molecule has 3 heteroatoms. The van der Waals surface area contributed by atoms with Crippen molar-refractivity contribution in [2.75, 3.05) is 33.2 Å². The van der Waals surface area contributed by atoms with Crippen LogP contribution in [0.25, 0.3) is 0 Å². The first-order chi connectivity index (χ1) is 9.72. The second-order valence-corrected chi connectivity index (χ2v) is 6.46. The van der Waals surface area contributed by atoms with Crippen molar-refractivity contribution in [3.63, 3.8) is 0 Å². The molecule has 0 spiro atoms. The Morgan fingerprint density at radius 3 is 2.60 bits per heavy atom. The molecule has 0 aliphatic carbocycles. The maximum absolute atomic E-state index is 6.00. The molecule has 1 fully saturated rings. The molecule has 1 saturated heterocycles. The predicted molar refractivity (Wildman–Crippen MR) is 89.1 cm³/mol. The van der Waals surface area contributed by atoms with E-state index in [4.69, 9.17) is 5.73 Å². The summed E-state index contributed by atoms with van der Waals surface area (Å²) < 4.78 is 0. The van der Waals surface area contributed by atoms with Crippen molar-refractivity contribution < 1.29 is 0 Å². The van der Waals surface area contributed by atoms with Crippen LogP contribution in [-0.2, 0) is 0 Å². The Morgan fingerprint density at radius 2 is 1.95 bits per heavy atom. The summed E-state index contributed by atoms with van der Waals surface area (Å²) >= 11 is 0. The third-order valence-corrected chi connectivity index (χ3v) is 4.94. The van der Waals surface area contributed by atoms with E-state index in [1.807, 2.05) is 0 Å². The van der Waals surface area contributed by atoms with Crippen LogP contribution in [0.2, 0.25) is 0 Å². The molecule has 0 amide bonds. The molecule has 0 bridgehead atoms. The van der Waals surface area contributed by atoms with Gasteiger partial charge in [-0.3, -0.25) is 4.90 Å². The number of rotatable bonds is 11. The van der Waals surface area contributed by atoms with E-state index < -0.39 is 0 Å². The van der Waals surface area contributed by atoms with E-state index in [1.54, 1.807) is 0 Å². The molecule has 20 heavy (non-hydrogen) atoms. The molecule has 0 aromatic rings. The second-order valence-electron chi connectivity index (χ2n) is 6.46. The maximum atomic E-state index is 6.00. The van der Waals surface area contributed by atoms with E-state index in [9.17, 15) is 0 Å². The highest BCUT2D eigenvalue weighted by Crippen LogP contribution is 2.19. The predicted octanol–water partition coefficient (Wildman–Crippen LogP) is 3.09. The molecule has 0 aromatic heterocycles. The van der Waals surface area contributed by atoms with Crippen LogP contribution in [-0.4, -0.2) is 55.1 Å². The van der Waals surface area contributed by atoms with Crippen LogP contribution >= 0.6 is 0 Å². The zero-order valence-electron chi connectivity index (χ0n) is 14.1. The second kappa shape index (κ2) is 10.6. The molecular weight excluding hydrogens is 246 g/mol. The van der Waals surface area contributed by atoms with Crippen LogP contribution in [0.15, 0.2) is 0 Å². The SMILES string of the molecule is CCCCCCCC(CN)N(C)CC1CCCN1CC. The molecule has 1 heterocycles. The average molecular weight is 284 g/mol. The van der Waals surface area contributed by atoms with E-state index in [0.29, 0.717) is 6.04 Å². The highest BCUT2D eigenvalue weighted by Gasteiger charge is 2.25. The third-order valence-electron chi connectivity index (χ3n) is 4.94. The minimum atomic E-state index is 0.580. The van der Waals surface area contributed by atoms with Crippen LogP contribution in [0.3, 0.4) is 0 Å². The molecule has 0 saturated carbocycles. The summed E-state index contributed by atoms with van der Waals surface area (Å²) in [6.07, 6.45) is 10.8. The number of nitrogens with two attached hydrogens (primary N) is 1. The standard InChI is InChI=1S/C17H37N3/c1-4-6-7-8-9-11-16(14-18)19(3)15-17-12-10-13-20(17)5-2/h16-17H,4-15,18H2,1-3H3. The van der Waals surface area contributed by atoms with Crippen molar-refractivity contribution in [3.05, 3.63) is 0 Å². The Balaban J connectivity index is 2.25. The number of hydrogen-bond donors (Lipinski definition) is 1. The van der Waals surface area contributed by atoms with Crippen molar-refractivity contribution in [1.29, 1.82) is 0 Å². The molecule has 0 radical (unpaired) electrons. The number of nitrogens with zero attached hydrogens (tertiary/aromatic N) is 2. The fourth-order valence-electron chi connectivity index (χ4n) is 3.50. The number of hydrogen-bond acceptors (Lipinski definition) is 3. The summed E-state index contributed by atoms with van der Waals surface area (Å²) in [6.45, 7) is 9.06. The Hall–Kier alpha value is -0.120. The van der Waals surface area contributed by atoms with Gasteiger partial charge in [-0.2, -0.15) is 0 Å². The lowest BCUT2D eigenvalue weighted by Crippen LogP contribution is -2.45. The van der Waals surface area contributed by atoms with Crippen LogP contribution in [0.5, 0.6) is 0 Å². The van der Waals surface area contributed by atoms with Crippen LogP contribution in [0, 0.1) is 0 Å². The first-order valence-corrected chi connectivity index (χ1v) is 8.87. The lowest BCUT2D eigenvalue weighted by molar-refractivity contribution is 0.158. The summed E-state index contributed by atoms with van der Waals surface area (Å²) in [4.78, 5) is 5.16. The van der Waals surface area contributed by atoms with Gasteiger partial charge in [0.05, 0.1) is 0 Å². The molecule has 1 rings (SSSR count). The zero-order valence-corrected chi connectivity index (χ0v) is 14.1. The summed E-state index contributed by atoms with van der Waals surface area (Å²) in [7, 11) is 2.27. The normalized spacial score (nSPS) is 21.8. The lowest BCUT2D eigenvalue weighted by Gasteiger charge is -2.32. The van der Waals surface area contributed by atoms with Gasteiger partial charge in [0.1, 0.15) is 0 Å². The fraction of sp³-hybridized carbons (Fsp3) is 1.00. The minimum absolute atomic E-state index is 0.580. The van der Waals surface area contributed by atoms with E-state index in [-0.39, 0.29) is 0 Å². The van der Waals surface area contributed by atoms with Crippen LogP contribution in [0.4, 0.5) is 0 Å². The van der Waals surface area contributed by atoms with E-state index >= 15 is 0 Å². The van der Waals surface area contributed by atoms with Gasteiger partial charge in [0.2, 0.25) is 0 Å². The first kappa shape index (κ1) is 17.9. The van der Waals surface area contributed by atoms with Crippen molar-refractivity contribution >= 4 is 0 Å². The monoisotopic (exact) mass is 283 g/mol. The Labute approximate surface area is 126 Å². The molecule has 3 nitrogen and oxygen atoms in total. The van der Waals surface area contributed by atoms with Gasteiger partial charge in [-0.05, 0) is 39.4 Å². The maximum Gasteiger partial charge on any atom is 0.0223 e. The topological polar surface area (TPSA) is 32.5 Å². The number of likely N-dealkylation sites (N-methyl/N-ethyl adjacent to an activating group) is 2. The van der Waals surface area contributed by atoms with E-state index in [0.717, 1.165) is 12.6 Å². The van der Waals surface area contributed by atoms with Gasteiger partial charge >= 0.3 is 0 Å². The van der Waals surface area contributed by atoms with Crippen molar-refractivity contribution in [2.24, 2.45) is 5.73 Å². The molecule has 0 aromatic carbocycles.